The summed E-state index contributed by atoms with van der Waals surface area (Å²) in [6.07, 6.45) is 0. The highest BCUT2D eigenvalue weighted by molar-refractivity contribution is 5.85. The van der Waals surface area contributed by atoms with E-state index in [9.17, 15) is 4.39 Å². The highest BCUT2D eigenvalue weighted by atomic mass is 35.5. The second kappa shape index (κ2) is 5.45. The third kappa shape index (κ3) is 2.91. The molecular formula is C11H15ClFNO. The van der Waals surface area contributed by atoms with Crippen LogP contribution in [0.2, 0.25) is 0 Å². The summed E-state index contributed by atoms with van der Waals surface area (Å²) in [7, 11) is 0. The molecule has 2 nitrogen and oxygen atoms in total. The van der Waals surface area contributed by atoms with Gasteiger partial charge in [-0.3, -0.25) is 0 Å². The van der Waals surface area contributed by atoms with Crippen molar-refractivity contribution in [1.82, 2.24) is 5.32 Å². The Bertz CT molecular complexity index is 326. The fourth-order valence-electron chi connectivity index (χ4n) is 1.61. The summed E-state index contributed by atoms with van der Waals surface area (Å²) < 4.78 is 18.6. The maximum atomic E-state index is 13.3. The van der Waals surface area contributed by atoms with Crippen molar-refractivity contribution in [2.75, 3.05) is 19.8 Å². The molecule has 1 heterocycles. The summed E-state index contributed by atoms with van der Waals surface area (Å²) >= 11 is 0. The molecule has 1 aliphatic rings. The van der Waals surface area contributed by atoms with Gasteiger partial charge in [-0.05, 0) is 24.1 Å². The average Bonchev–Trinajstić information content (AvgIpc) is 2.23. The van der Waals surface area contributed by atoms with Crippen LogP contribution in [0.25, 0.3) is 0 Å². The Balaban J connectivity index is 0.00000112. The zero-order valence-corrected chi connectivity index (χ0v) is 9.44. The lowest BCUT2D eigenvalue weighted by Crippen LogP contribution is -2.34. The molecule has 0 spiro atoms. The topological polar surface area (TPSA) is 21.3 Å². The smallest absolute Gasteiger partial charge is 0.126 e. The van der Waals surface area contributed by atoms with Crippen molar-refractivity contribution < 1.29 is 9.13 Å². The minimum Gasteiger partial charge on any atom is -0.378 e. The summed E-state index contributed by atoms with van der Waals surface area (Å²) in [5.74, 6) is -0.144. The molecule has 0 unspecified atom stereocenters. The average molecular weight is 232 g/mol. The molecule has 1 N–H and O–H groups in total. The quantitative estimate of drug-likeness (QED) is 0.800. The van der Waals surface area contributed by atoms with Crippen molar-refractivity contribution in [1.29, 1.82) is 0 Å². The molecule has 0 bridgehead atoms. The molecule has 0 amide bonds. The van der Waals surface area contributed by atoms with E-state index in [0.29, 0.717) is 12.2 Å². The lowest BCUT2D eigenvalue weighted by molar-refractivity contribution is 0.0768. The van der Waals surface area contributed by atoms with Gasteiger partial charge in [-0.2, -0.15) is 0 Å². The first kappa shape index (κ1) is 12.4. The molecule has 15 heavy (non-hydrogen) atoms. The number of aryl methyl sites for hydroxylation is 1. The van der Waals surface area contributed by atoms with E-state index in [0.717, 1.165) is 18.7 Å². The Hall–Kier alpha value is -0.640. The van der Waals surface area contributed by atoms with E-state index in [1.807, 2.05) is 6.07 Å². The second-order valence-electron chi connectivity index (χ2n) is 3.59. The number of halogens is 2. The van der Waals surface area contributed by atoms with E-state index < -0.39 is 0 Å². The summed E-state index contributed by atoms with van der Waals surface area (Å²) in [5.41, 5.74) is 1.65. The van der Waals surface area contributed by atoms with Gasteiger partial charge in [0.15, 0.2) is 0 Å². The largest absolute Gasteiger partial charge is 0.378 e. The lowest BCUT2D eigenvalue weighted by Gasteiger charge is -2.24. The van der Waals surface area contributed by atoms with E-state index in [2.05, 4.69) is 5.32 Å². The zero-order chi connectivity index (χ0) is 9.97. The molecule has 2 rings (SSSR count). The maximum absolute atomic E-state index is 13.3. The molecule has 1 atom stereocenters. The number of hydrogen-bond acceptors (Lipinski definition) is 2. The van der Waals surface area contributed by atoms with Gasteiger partial charge in [0.25, 0.3) is 0 Å². The van der Waals surface area contributed by atoms with Crippen molar-refractivity contribution in [3.8, 4) is 0 Å². The highest BCUT2D eigenvalue weighted by Crippen LogP contribution is 2.18. The number of hydrogen-bond donors (Lipinski definition) is 1. The Morgan fingerprint density at radius 3 is 2.87 bits per heavy atom. The van der Waals surface area contributed by atoms with Gasteiger partial charge < -0.3 is 10.1 Å². The Labute approximate surface area is 95.2 Å². The van der Waals surface area contributed by atoms with E-state index >= 15 is 0 Å². The van der Waals surface area contributed by atoms with Gasteiger partial charge in [-0.15, -0.1) is 12.4 Å². The number of nitrogens with one attached hydrogen (secondary N) is 1. The molecule has 0 saturated carbocycles. The number of rotatable bonds is 1. The highest BCUT2D eigenvalue weighted by Gasteiger charge is 2.15. The van der Waals surface area contributed by atoms with Crippen LogP contribution in [0.4, 0.5) is 4.39 Å². The van der Waals surface area contributed by atoms with Crippen LogP contribution in [0, 0.1) is 12.7 Å². The minimum atomic E-state index is -0.144. The van der Waals surface area contributed by atoms with E-state index in [-0.39, 0.29) is 24.3 Å². The molecule has 1 saturated heterocycles. The molecule has 1 fully saturated rings. The molecule has 0 radical (unpaired) electrons. The maximum Gasteiger partial charge on any atom is 0.126 e. The fraction of sp³-hybridized carbons (Fsp3) is 0.455. The van der Waals surface area contributed by atoms with Crippen LogP contribution < -0.4 is 5.32 Å². The number of morpholine rings is 1. The third-order valence-corrected chi connectivity index (χ3v) is 2.52. The summed E-state index contributed by atoms with van der Waals surface area (Å²) in [4.78, 5) is 0. The normalized spacial score (nSPS) is 20.8. The first-order valence-corrected chi connectivity index (χ1v) is 4.84. The predicted molar refractivity (Wildman–Crippen MR) is 59.9 cm³/mol. The van der Waals surface area contributed by atoms with Crippen LogP contribution in [-0.2, 0) is 4.74 Å². The van der Waals surface area contributed by atoms with Crippen LogP contribution in [0.15, 0.2) is 18.2 Å². The fourth-order valence-corrected chi connectivity index (χ4v) is 1.61. The first-order valence-electron chi connectivity index (χ1n) is 4.84. The minimum absolute atomic E-state index is 0. The predicted octanol–water partition coefficient (Wildman–Crippen LogP) is 2.22. The SMILES string of the molecule is Cc1ccc([C@H]2COCCN2)cc1F.Cl. The standard InChI is InChI=1S/C11H14FNO.ClH/c1-8-2-3-9(6-10(8)12)11-7-14-5-4-13-11;/h2-3,6,11,13H,4-5,7H2,1H3;1H/t11-;/m1./s1. The molecule has 0 aliphatic carbocycles. The summed E-state index contributed by atoms with van der Waals surface area (Å²) in [6.45, 7) is 3.97. The molecule has 1 aromatic rings. The molecule has 0 aromatic heterocycles. The molecule has 84 valence electrons. The summed E-state index contributed by atoms with van der Waals surface area (Å²) in [5, 5.41) is 3.29. The van der Waals surface area contributed by atoms with E-state index in [1.54, 1.807) is 19.1 Å². The van der Waals surface area contributed by atoms with Crippen molar-refractivity contribution >= 4 is 12.4 Å². The van der Waals surface area contributed by atoms with Crippen LogP contribution in [0.3, 0.4) is 0 Å². The van der Waals surface area contributed by atoms with Gasteiger partial charge in [-0.25, -0.2) is 4.39 Å². The van der Waals surface area contributed by atoms with Crippen LogP contribution in [-0.4, -0.2) is 19.8 Å². The summed E-state index contributed by atoms with van der Waals surface area (Å²) in [6, 6.07) is 5.48. The van der Waals surface area contributed by atoms with E-state index in [1.165, 1.54) is 0 Å². The van der Waals surface area contributed by atoms with Gasteiger partial charge in [0.2, 0.25) is 0 Å². The Morgan fingerprint density at radius 1 is 1.47 bits per heavy atom. The van der Waals surface area contributed by atoms with Gasteiger partial charge in [0.1, 0.15) is 5.82 Å². The molecule has 1 aliphatic heterocycles. The molecule has 4 heteroatoms. The number of ether oxygens (including phenoxy) is 1. The Morgan fingerprint density at radius 2 is 2.27 bits per heavy atom. The van der Waals surface area contributed by atoms with Crippen LogP contribution in [0.5, 0.6) is 0 Å². The molecular weight excluding hydrogens is 217 g/mol. The van der Waals surface area contributed by atoms with Gasteiger partial charge in [0, 0.05) is 6.54 Å². The third-order valence-electron chi connectivity index (χ3n) is 2.52. The lowest BCUT2D eigenvalue weighted by atomic mass is 10.0. The number of benzene rings is 1. The second-order valence-corrected chi connectivity index (χ2v) is 3.59. The van der Waals surface area contributed by atoms with Crippen molar-refractivity contribution in [2.45, 2.75) is 13.0 Å². The van der Waals surface area contributed by atoms with Crippen molar-refractivity contribution in [2.24, 2.45) is 0 Å². The Kier molecular flexibility index (Phi) is 4.51. The van der Waals surface area contributed by atoms with Gasteiger partial charge >= 0.3 is 0 Å². The van der Waals surface area contributed by atoms with Gasteiger partial charge in [0.05, 0.1) is 19.3 Å². The van der Waals surface area contributed by atoms with Gasteiger partial charge in [-0.1, -0.05) is 12.1 Å². The van der Waals surface area contributed by atoms with Crippen molar-refractivity contribution in [3.63, 3.8) is 0 Å². The van der Waals surface area contributed by atoms with Crippen LogP contribution >= 0.6 is 12.4 Å². The molecule has 1 aromatic carbocycles. The zero-order valence-electron chi connectivity index (χ0n) is 8.63. The monoisotopic (exact) mass is 231 g/mol. The van der Waals surface area contributed by atoms with Crippen LogP contribution in [0.1, 0.15) is 17.2 Å². The first-order chi connectivity index (χ1) is 6.77. The van der Waals surface area contributed by atoms with E-state index in [4.69, 9.17) is 4.74 Å². The van der Waals surface area contributed by atoms with Crippen molar-refractivity contribution in [3.05, 3.63) is 35.1 Å².